The summed E-state index contributed by atoms with van der Waals surface area (Å²) in [6.07, 6.45) is 2.09. The molecule has 1 heterocycles. The number of carbonyl (C=O) groups excluding carboxylic acids is 1. The first-order chi connectivity index (χ1) is 8.99. The smallest absolute Gasteiger partial charge is 0.410 e. The van der Waals surface area contributed by atoms with Crippen LogP contribution in [0, 0.1) is 0 Å². The largest absolute Gasteiger partial charge is 0.444 e. The summed E-state index contributed by atoms with van der Waals surface area (Å²) < 4.78 is 39.4. The number of hydrogen-bond acceptors (Lipinski definition) is 4. The average Bonchev–Trinajstić information content (AvgIpc) is 2.22. The van der Waals surface area contributed by atoms with E-state index in [2.05, 4.69) is 0 Å². The Bertz CT molecular complexity index is 444. The van der Waals surface area contributed by atoms with Gasteiger partial charge in [0, 0.05) is 12.1 Å². The Balaban J connectivity index is 2.77. The van der Waals surface area contributed by atoms with Crippen molar-refractivity contribution in [3.8, 4) is 0 Å². The van der Waals surface area contributed by atoms with Crippen LogP contribution in [0.2, 0.25) is 0 Å². The fourth-order valence-corrected chi connectivity index (χ4v) is 3.04. The molecule has 0 spiro atoms. The second-order valence-corrected chi connectivity index (χ2v) is 7.84. The van der Waals surface area contributed by atoms with Crippen LogP contribution in [0.1, 0.15) is 53.4 Å². The maximum absolute atomic E-state index is 12.7. The molecule has 0 aromatic heterocycles. The summed E-state index contributed by atoms with van der Waals surface area (Å²) in [4.78, 5) is 13.8. The Morgan fingerprint density at radius 2 is 1.95 bits per heavy atom. The highest BCUT2D eigenvalue weighted by molar-refractivity contribution is 7.86. The zero-order chi connectivity index (χ0) is 15.6. The molecule has 0 radical (unpaired) electrons. The minimum absolute atomic E-state index is 0.0223. The van der Waals surface area contributed by atoms with Gasteiger partial charge in [-0.05, 0) is 53.4 Å². The number of halogens is 1. The van der Waals surface area contributed by atoms with E-state index < -0.39 is 27.7 Å². The minimum atomic E-state index is -4.50. The average molecular weight is 309 g/mol. The molecule has 2 atom stereocenters. The predicted octanol–water partition coefficient (Wildman–Crippen LogP) is 2.85. The third-order valence-corrected chi connectivity index (χ3v) is 4.05. The van der Waals surface area contributed by atoms with Crippen LogP contribution < -0.4 is 0 Å². The highest BCUT2D eigenvalue weighted by atomic mass is 32.3. The number of hydrogen-bond donors (Lipinski definition) is 0. The third-order valence-electron chi connectivity index (χ3n) is 3.33. The molecule has 0 aliphatic carbocycles. The molecule has 20 heavy (non-hydrogen) atoms. The fourth-order valence-electron chi connectivity index (χ4n) is 2.49. The van der Waals surface area contributed by atoms with Crippen molar-refractivity contribution in [1.29, 1.82) is 0 Å². The molecule has 1 saturated heterocycles. The van der Waals surface area contributed by atoms with Gasteiger partial charge in [0.25, 0.3) is 0 Å². The van der Waals surface area contributed by atoms with Gasteiger partial charge >= 0.3 is 16.3 Å². The van der Waals surface area contributed by atoms with Gasteiger partial charge < -0.3 is 9.64 Å². The lowest BCUT2D eigenvalue weighted by Gasteiger charge is -2.41. The van der Waals surface area contributed by atoms with E-state index in [-0.39, 0.29) is 18.5 Å². The SMILES string of the molecule is CC1CCCC(CCS(=O)(=O)F)N1C(=O)OC(C)(C)C. The number of piperidine rings is 1. The molecule has 7 heteroatoms. The first-order valence-electron chi connectivity index (χ1n) is 6.93. The predicted molar refractivity (Wildman–Crippen MR) is 74.7 cm³/mol. The Morgan fingerprint density at radius 1 is 1.35 bits per heavy atom. The van der Waals surface area contributed by atoms with Gasteiger partial charge in [-0.2, -0.15) is 8.42 Å². The molecule has 1 amide bonds. The summed E-state index contributed by atoms with van der Waals surface area (Å²) in [5.41, 5.74) is -0.606. The summed E-state index contributed by atoms with van der Waals surface area (Å²) >= 11 is 0. The van der Waals surface area contributed by atoms with Crippen molar-refractivity contribution in [2.45, 2.75) is 71.1 Å². The van der Waals surface area contributed by atoms with Crippen LogP contribution in [0.3, 0.4) is 0 Å². The van der Waals surface area contributed by atoms with Gasteiger partial charge in [0.1, 0.15) is 5.60 Å². The number of carbonyl (C=O) groups is 1. The van der Waals surface area contributed by atoms with Crippen LogP contribution in [0.4, 0.5) is 8.68 Å². The van der Waals surface area contributed by atoms with Crippen LogP contribution in [0.25, 0.3) is 0 Å². The molecule has 118 valence electrons. The van der Waals surface area contributed by atoms with Crippen molar-refractivity contribution < 1.29 is 21.8 Å². The summed E-state index contributed by atoms with van der Waals surface area (Å²) in [5.74, 6) is -0.552. The maximum atomic E-state index is 12.7. The Morgan fingerprint density at radius 3 is 2.45 bits per heavy atom. The zero-order valence-corrected chi connectivity index (χ0v) is 13.4. The van der Waals surface area contributed by atoms with Crippen LogP contribution in [0.5, 0.6) is 0 Å². The monoisotopic (exact) mass is 309 g/mol. The van der Waals surface area contributed by atoms with E-state index in [1.165, 1.54) is 0 Å². The third kappa shape index (κ3) is 5.64. The second-order valence-electron chi connectivity index (χ2n) is 6.35. The maximum Gasteiger partial charge on any atom is 0.410 e. The lowest BCUT2D eigenvalue weighted by atomic mass is 9.95. The van der Waals surface area contributed by atoms with Gasteiger partial charge in [0.2, 0.25) is 0 Å². The van der Waals surface area contributed by atoms with Crippen molar-refractivity contribution >= 4 is 16.3 Å². The fraction of sp³-hybridized carbons (Fsp3) is 0.923. The van der Waals surface area contributed by atoms with E-state index in [4.69, 9.17) is 4.74 Å². The van der Waals surface area contributed by atoms with Crippen LogP contribution in [0.15, 0.2) is 0 Å². The van der Waals surface area contributed by atoms with Gasteiger partial charge in [-0.15, -0.1) is 3.89 Å². The van der Waals surface area contributed by atoms with Crippen molar-refractivity contribution in [2.24, 2.45) is 0 Å². The lowest BCUT2D eigenvalue weighted by molar-refractivity contribution is -0.00320. The molecule has 1 rings (SSSR count). The zero-order valence-electron chi connectivity index (χ0n) is 12.6. The van der Waals surface area contributed by atoms with Crippen LogP contribution in [-0.2, 0) is 15.0 Å². The first kappa shape index (κ1) is 17.2. The lowest BCUT2D eigenvalue weighted by Crippen LogP contribution is -2.51. The Hall–Kier alpha value is -0.850. The molecule has 1 aliphatic rings. The second kappa shape index (κ2) is 6.28. The van der Waals surface area contributed by atoms with Crippen molar-refractivity contribution in [3.63, 3.8) is 0 Å². The molecule has 1 fully saturated rings. The molecular formula is C13H24FNO4S. The number of likely N-dealkylation sites (tertiary alicyclic amines) is 1. The Kier molecular flexibility index (Phi) is 5.40. The van der Waals surface area contributed by atoms with Gasteiger partial charge in [-0.1, -0.05) is 0 Å². The van der Waals surface area contributed by atoms with Gasteiger partial charge in [-0.3, -0.25) is 0 Å². The molecule has 5 nitrogen and oxygen atoms in total. The number of ether oxygens (including phenoxy) is 1. The molecule has 0 N–H and O–H groups in total. The first-order valence-corrected chi connectivity index (χ1v) is 8.48. The molecule has 1 aliphatic heterocycles. The highest BCUT2D eigenvalue weighted by Crippen LogP contribution is 2.27. The van der Waals surface area contributed by atoms with E-state index in [0.717, 1.165) is 12.8 Å². The molecule has 0 saturated carbocycles. The van der Waals surface area contributed by atoms with Gasteiger partial charge in [0.05, 0.1) is 5.75 Å². The minimum Gasteiger partial charge on any atom is -0.444 e. The Labute approximate surface area is 120 Å². The van der Waals surface area contributed by atoms with E-state index in [0.29, 0.717) is 6.42 Å². The van der Waals surface area contributed by atoms with E-state index >= 15 is 0 Å². The molecule has 0 aromatic rings. The van der Waals surface area contributed by atoms with E-state index in [1.54, 1.807) is 25.7 Å². The van der Waals surface area contributed by atoms with E-state index in [1.807, 2.05) is 6.92 Å². The van der Waals surface area contributed by atoms with E-state index in [9.17, 15) is 17.1 Å². The molecule has 0 aromatic carbocycles. The summed E-state index contributed by atoms with van der Waals surface area (Å²) in [5, 5.41) is 0. The number of rotatable bonds is 3. The molecule has 2 unspecified atom stereocenters. The summed E-state index contributed by atoms with van der Waals surface area (Å²) in [6, 6.07) is -0.301. The van der Waals surface area contributed by atoms with Gasteiger partial charge in [-0.25, -0.2) is 4.79 Å². The number of nitrogens with zero attached hydrogens (tertiary/aromatic N) is 1. The summed E-state index contributed by atoms with van der Waals surface area (Å²) in [7, 11) is -4.50. The normalized spacial score (nSPS) is 24.6. The summed E-state index contributed by atoms with van der Waals surface area (Å²) in [6.45, 7) is 7.24. The number of amides is 1. The highest BCUT2D eigenvalue weighted by Gasteiger charge is 2.35. The standard InChI is InChI=1S/C13H24FNO4S/c1-10-6-5-7-11(8-9-20(14,17)18)15(10)12(16)19-13(2,3)4/h10-11H,5-9H2,1-4H3. The van der Waals surface area contributed by atoms with Crippen molar-refractivity contribution in [1.82, 2.24) is 4.90 Å². The van der Waals surface area contributed by atoms with Gasteiger partial charge in [0.15, 0.2) is 0 Å². The van der Waals surface area contributed by atoms with Crippen LogP contribution >= 0.6 is 0 Å². The van der Waals surface area contributed by atoms with Crippen LogP contribution in [-0.4, -0.2) is 42.8 Å². The molecular weight excluding hydrogens is 285 g/mol. The quantitative estimate of drug-likeness (QED) is 0.752. The van der Waals surface area contributed by atoms with Crippen molar-refractivity contribution in [3.05, 3.63) is 0 Å². The topological polar surface area (TPSA) is 63.7 Å². The van der Waals surface area contributed by atoms with Crippen molar-refractivity contribution in [2.75, 3.05) is 5.75 Å². The molecule has 0 bridgehead atoms.